The molecule has 0 bridgehead atoms. The van der Waals surface area contributed by atoms with Crippen LogP contribution in [0.5, 0.6) is 5.75 Å². The summed E-state index contributed by atoms with van der Waals surface area (Å²) in [6, 6.07) is 7.84. The molecule has 6 nitrogen and oxygen atoms in total. The highest BCUT2D eigenvalue weighted by Gasteiger charge is 2.17. The highest BCUT2D eigenvalue weighted by Crippen LogP contribution is 2.23. The van der Waals surface area contributed by atoms with E-state index in [0.29, 0.717) is 18.7 Å². The maximum atomic E-state index is 12.7. The van der Waals surface area contributed by atoms with Crippen molar-refractivity contribution in [3.05, 3.63) is 52.3 Å². The van der Waals surface area contributed by atoms with E-state index < -0.39 is 0 Å². The number of carbonyl (C=O) groups excluding carboxylic acids is 1. The van der Waals surface area contributed by atoms with Gasteiger partial charge < -0.3 is 10.1 Å². The lowest BCUT2D eigenvalue weighted by molar-refractivity contribution is 0.0948. The van der Waals surface area contributed by atoms with Gasteiger partial charge in [-0.05, 0) is 44.9 Å². The van der Waals surface area contributed by atoms with Gasteiger partial charge in [0.15, 0.2) is 5.65 Å². The second-order valence-corrected chi connectivity index (χ2v) is 6.54. The fourth-order valence-corrected chi connectivity index (χ4v) is 3.19. The van der Waals surface area contributed by atoms with Crippen LogP contribution >= 0.6 is 0 Å². The number of fused-ring (bicyclic) bond motifs is 1. The maximum Gasteiger partial charge on any atom is 0.252 e. The van der Waals surface area contributed by atoms with Crippen molar-refractivity contribution in [3.63, 3.8) is 0 Å². The first-order valence-corrected chi connectivity index (χ1v) is 8.66. The average molecular weight is 352 g/mol. The van der Waals surface area contributed by atoms with Gasteiger partial charge >= 0.3 is 0 Å². The van der Waals surface area contributed by atoms with E-state index >= 15 is 0 Å². The first-order valence-electron chi connectivity index (χ1n) is 8.66. The number of rotatable bonds is 5. The molecule has 0 atom stereocenters. The van der Waals surface area contributed by atoms with Crippen molar-refractivity contribution in [1.29, 1.82) is 0 Å². The van der Waals surface area contributed by atoms with E-state index in [4.69, 9.17) is 4.74 Å². The summed E-state index contributed by atoms with van der Waals surface area (Å²) in [7, 11) is 1.84. The molecule has 3 aromatic rings. The summed E-state index contributed by atoms with van der Waals surface area (Å²) in [5.41, 5.74) is 5.09. The van der Waals surface area contributed by atoms with Crippen LogP contribution in [-0.4, -0.2) is 33.8 Å². The lowest BCUT2D eigenvalue weighted by Crippen LogP contribution is -2.28. The molecule has 0 unspecified atom stereocenters. The van der Waals surface area contributed by atoms with Crippen molar-refractivity contribution < 1.29 is 9.53 Å². The number of para-hydroxylation sites is 1. The Bertz CT molecular complexity index is 955. The van der Waals surface area contributed by atoms with Crippen molar-refractivity contribution in [2.45, 2.75) is 27.7 Å². The second kappa shape index (κ2) is 7.15. The zero-order valence-electron chi connectivity index (χ0n) is 15.9. The molecule has 0 spiro atoms. The number of carbonyl (C=O) groups is 1. The van der Waals surface area contributed by atoms with E-state index in [9.17, 15) is 4.79 Å². The monoisotopic (exact) mass is 352 g/mol. The van der Waals surface area contributed by atoms with E-state index in [-0.39, 0.29) is 5.91 Å². The quantitative estimate of drug-likeness (QED) is 0.717. The van der Waals surface area contributed by atoms with Gasteiger partial charge in [-0.2, -0.15) is 5.10 Å². The summed E-state index contributed by atoms with van der Waals surface area (Å²) < 4.78 is 7.56. The third kappa shape index (κ3) is 3.40. The van der Waals surface area contributed by atoms with Crippen LogP contribution in [0.4, 0.5) is 0 Å². The fraction of sp³-hybridized carbons (Fsp3) is 0.350. The summed E-state index contributed by atoms with van der Waals surface area (Å²) >= 11 is 0. The van der Waals surface area contributed by atoms with E-state index in [0.717, 1.165) is 39.3 Å². The number of aromatic nitrogens is 3. The molecule has 1 aromatic carbocycles. The molecule has 0 radical (unpaired) electrons. The van der Waals surface area contributed by atoms with Crippen LogP contribution in [0, 0.1) is 27.7 Å². The van der Waals surface area contributed by atoms with E-state index in [2.05, 4.69) is 15.4 Å². The Balaban J connectivity index is 1.70. The first-order chi connectivity index (χ1) is 12.4. The number of benzene rings is 1. The first kappa shape index (κ1) is 17.9. The molecule has 136 valence electrons. The van der Waals surface area contributed by atoms with Crippen LogP contribution in [0.15, 0.2) is 24.3 Å². The molecule has 1 amide bonds. The van der Waals surface area contributed by atoms with Crippen LogP contribution < -0.4 is 10.1 Å². The molecule has 0 saturated heterocycles. The number of hydrogen-bond acceptors (Lipinski definition) is 4. The van der Waals surface area contributed by atoms with Crippen molar-refractivity contribution in [3.8, 4) is 5.75 Å². The van der Waals surface area contributed by atoms with Gasteiger partial charge in [-0.15, -0.1) is 0 Å². The van der Waals surface area contributed by atoms with Gasteiger partial charge in [0.2, 0.25) is 0 Å². The molecule has 0 aliphatic heterocycles. The minimum absolute atomic E-state index is 0.137. The molecule has 0 aliphatic rings. The van der Waals surface area contributed by atoms with E-state index in [1.165, 1.54) is 0 Å². The molecular weight excluding hydrogens is 328 g/mol. The summed E-state index contributed by atoms with van der Waals surface area (Å²) in [5.74, 6) is 0.744. The van der Waals surface area contributed by atoms with E-state index in [1.807, 2.05) is 52.9 Å². The van der Waals surface area contributed by atoms with Gasteiger partial charge in [0.05, 0.1) is 23.2 Å². The molecule has 3 rings (SSSR count). The number of ether oxygens (including phenoxy) is 1. The largest absolute Gasteiger partial charge is 0.491 e. The highest BCUT2D eigenvalue weighted by atomic mass is 16.5. The Hall–Kier alpha value is -2.89. The lowest BCUT2D eigenvalue weighted by atomic mass is 10.1. The number of nitrogens with one attached hydrogen (secondary N) is 1. The highest BCUT2D eigenvalue weighted by molar-refractivity contribution is 6.06. The number of amides is 1. The van der Waals surface area contributed by atoms with Gasteiger partial charge in [0.1, 0.15) is 12.4 Å². The topological polar surface area (TPSA) is 69.0 Å². The molecule has 26 heavy (non-hydrogen) atoms. The fourth-order valence-electron chi connectivity index (χ4n) is 3.19. The Kier molecular flexibility index (Phi) is 4.93. The predicted octanol–water partition coefficient (Wildman–Crippen LogP) is 3.01. The van der Waals surface area contributed by atoms with Crippen LogP contribution in [0.3, 0.4) is 0 Å². The maximum absolute atomic E-state index is 12.7. The minimum Gasteiger partial charge on any atom is -0.491 e. The Morgan fingerprint density at radius 3 is 2.58 bits per heavy atom. The van der Waals surface area contributed by atoms with Crippen molar-refractivity contribution >= 4 is 16.9 Å². The zero-order valence-corrected chi connectivity index (χ0v) is 15.9. The average Bonchev–Trinajstić information content (AvgIpc) is 2.87. The molecule has 0 saturated carbocycles. The normalized spacial score (nSPS) is 11.0. The summed E-state index contributed by atoms with van der Waals surface area (Å²) in [6.45, 7) is 8.64. The number of nitrogens with zero attached hydrogens (tertiary/aromatic N) is 3. The molecule has 0 aliphatic carbocycles. The summed E-state index contributed by atoms with van der Waals surface area (Å²) in [6.07, 6.45) is 0. The SMILES string of the molecule is Cc1cc(C(=O)NCCOc2c(C)cccc2C)c2c(C)nn(C)c2n1. The molecule has 6 heteroatoms. The molecule has 1 N–H and O–H groups in total. The van der Waals surface area contributed by atoms with Crippen LogP contribution in [0.25, 0.3) is 11.0 Å². The van der Waals surface area contributed by atoms with Crippen molar-refractivity contribution in [2.24, 2.45) is 7.05 Å². The molecular formula is C20H24N4O2. The van der Waals surface area contributed by atoms with Gasteiger partial charge in [-0.1, -0.05) is 18.2 Å². The molecule has 2 aromatic heterocycles. The lowest BCUT2D eigenvalue weighted by Gasteiger charge is -2.12. The van der Waals surface area contributed by atoms with Crippen molar-refractivity contribution in [2.75, 3.05) is 13.2 Å². The number of pyridine rings is 1. The zero-order chi connectivity index (χ0) is 18.8. The Labute approximate surface area is 153 Å². The standard InChI is InChI=1S/C20H24N4O2/c1-12-7-6-8-13(2)18(12)26-10-9-21-20(25)16-11-14(3)22-19-17(16)15(4)23-24(19)5/h6-8,11H,9-10H2,1-5H3,(H,21,25). The predicted molar refractivity (Wildman–Crippen MR) is 102 cm³/mol. The molecule has 0 fully saturated rings. The number of aryl methyl sites for hydroxylation is 5. The molecule has 2 heterocycles. The third-order valence-corrected chi connectivity index (χ3v) is 4.38. The summed E-state index contributed by atoms with van der Waals surface area (Å²) in [5, 5.41) is 8.11. The second-order valence-electron chi connectivity index (χ2n) is 6.54. The minimum atomic E-state index is -0.137. The van der Waals surface area contributed by atoms with Crippen LogP contribution in [0.1, 0.15) is 32.9 Å². The van der Waals surface area contributed by atoms with Crippen LogP contribution in [0.2, 0.25) is 0 Å². The van der Waals surface area contributed by atoms with Gasteiger partial charge in [0.25, 0.3) is 5.91 Å². The smallest absolute Gasteiger partial charge is 0.252 e. The summed E-state index contributed by atoms with van der Waals surface area (Å²) in [4.78, 5) is 17.2. The van der Waals surface area contributed by atoms with E-state index in [1.54, 1.807) is 10.7 Å². The van der Waals surface area contributed by atoms with Gasteiger partial charge in [-0.3, -0.25) is 9.48 Å². The third-order valence-electron chi connectivity index (χ3n) is 4.38. The van der Waals surface area contributed by atoms with Crippen LogP contribution in [-0.2, 0) is 7.05 Å². The van der Waals surface area contributed by atoms with Crippen molar-refractivity contribution in [1.82, 2.24) is 20.1 Å². The Morgan fingerprint density at radius 2 is 1.88 bits per heavy atom. The van der Waals surface area contributed by atoms with Gasteiger partial charge in [0, 0.05) is 12.7 Å². The van der Waals surface area contributed by atoms with Gasteiger partial charge in [-0.25, -0.2) is 4.98 Å². The Morgan fingerprint density at radius 1 is 1.19 bits per heavy atom. The number of hydrogen-bond donors (Lipinski definition) is 1.